The zero-order chi connectivity index (χ0) is 29.2. The molecular weight excluding hydrogens is 541 g/mol. The highest BCUT2D eigenvalue weighted by molar-refractivity contribution is 5.94. The number of anilines is 1. The van der Waals surface area contributed by atoms with Crippen molar-refractivity contribution in [2.75, 3.05) is 44.2 Å². The van der Waals surface area contributed by atoms with E-state index in [9.17, 15) is 18.0 Å². The van der Waals surface area contributed by atoms with E-state index in [1.807, 2.05) is 18.2 Å². The third kappa shape index (κ3) is 5.66. The number of benzene rings is 3. The normalized spacial score (nSPS) is 16.4. The van der Waals surface area contributed by atoms with E-state index >= 15 is 0 Å². The Morgan fingerprint density at radius 3 is 2.17 bits per heavy atom. The Hall–Kier alpha value is -4.11. The molecule has 1 aromatic heterocycles. The largest absolute Gasteiger partial charge is 0.457 e. The third-order valence-corrected chi connectivity index (χ3v) is 8.31. The van der Waals surface area contributed by atoms with E-state index < -0.39 is 24.0 Å². The minimum absolute atomic E-state index is 0.370. The fourth-order valence-electron chi connectivity index (χ4n) is 6.20. The number of hydrogen-bond donors (Lipinski definition) is 1. The van der Waals surface area contributed by atoms with Crippen LogP contribution in [0.3, 0.4) is 0 Å². The number of aromatic nitrogens is 1. The molecule has 3 aromatic carbocycles. The number of nitrogens with zero attached hydrogens (tertiary/aromatic N) is 3. The molecule has 0 bridgehead atoms. The average Bonchev–Trinajstić information content (AvgIpc) is 3.01. The van der Waals surface area contributed by atoms with E-state index in [0.29, 0.717) is 35.5 Å². The number of pyridine rings is 1. The predicted octanol–water partition coefficient (Wildman–Crippen LogP) is 6.30. The molecule has 2 aliphatic rings. The van der Waals surface area contributed by atoms with Crippen LogP contribution in [0.15, 0.2) is 84.9 Å². The van der Waals surface area contributed by atoms with Gasteiger partial charge in [-0.2, -0.15) is 13.2 Å². The zero-order valence-corrected chi connectivity index (χ0v) is 23.2. The summed E-state index contributed by atoms with van der Waals surface area (Å²) in [6.45, 7) is 2.99. The molecule has 2 aliphatic heterocycles. The summed E-state index contributed by atoms with van der Waals surface area (Å²) < 4.78 is 45.6. The zero-order valence-electron chi connectivity index (χ0n) is 23.2. The van der Waals surface area contributed by atoms with Crippen molar-refractivity contribution in [1.82, 2.24) is 15.2 Å². The number of halogens is 3. The quantitative estimate of drug-likeness (QED) is 0.251. The molecule has 1 fully saturated rings. The van der Waals surface area contributed by atoms with Gasteiger partial charge in [0.25, 0.3) is 0 Å². The van der Waals surface area contributed by atoms with Crippen LogP contribution < -0.4 is 15.0 Å². The number of piperazine rings is 1. The summed E-state index contributed by atoms with van der Waals surface area (Å²) in [7, 11) is 0. The van der Waals surface area contributed by atoms with Crippen LogP contribution in [-0.4, -0.2) is 61.2 Å². The van der Waals surface area contributed by atoms with Crippen LogP contribution in [0.5, 0.6) is 11.5 Å². The van der Waals surface area contributed by atoms with E-state index in [4.69, 9.17) is 9.72 Å². The van der Waals surface area contributed by atoms with Gasteiger partial charge >= 0.3 is 6.18 Å². The Morgan fingerprint density at radius 1 is 0.833 bits per heavy atom. The van der Waals surface area contributed by atoms with Gasteiger partial charge in [-0.3, -0.25) is 9.69 Å². The first-order valence-corrected chi connectivity index (χ1v) is 14.4. The van der Waals surface area contributed by atoms with Crippen LogP contribution in [-0.2, 0) is 10.2 Å². The first kappa shape index (κ1) is 28.0. The van der Waals surface area contributed by atoms with Crippen molar-refractivity contribution in [2.45, 2.75) is 30.9 Å². The van der Waals surface area contributed by atoms with E-state index in [-0.39, 0.29) is 0 Å². The SMILES string of the molecule is O=C(NCC(F)(F)F)C1(CCCCN2CCN(c3ccc4ccccc4n3)CC2)c2ccccc2Oc2ccccc21. The number of alkyl halides is 3. The van der Waals surface area contributed by atoms with Gasteiger partial charge in [0, 0.05) is 42.7 Å². The van der Waals surface area contributed by atoms with Gasteiger partial charge in [-0.15, -0.1) is 0 Å². The maximum absolute atomic E-state index is 13.8. The molecule has 6 rings (SSSR count). The summed E-state index contributed by atoms with van der Waals surface area (Å²) in [6, 6.07) is 26.6. The van der Waals surface area contributed by atoms with Crippen molar-refractivity contribution in [1.29, 1.82) is 0 Å². The van der Waals surface area contributed by atoms with Gasteiger partial charge in [-0.05, 0) is 49.7 Å². The maximum Gasteiger partial charge on any atom is 0.405 e. The van der Waals surface area contributed by atoms with E-state index in [0.717, 1.165) is 55.9 Å². The fourth-order valence-corrected chi connectivity index (χ4v) is 6.20. The van der Waals surface area contributed by atoms with E-state index in [2.05, 4.69) is 33.3 Å². The van der Waals surface area contributed by atoms with Crippen molar-refractivity contribution < 1.29 is 22.7 Å². The van der Waals surface area contributed by atoms with Crippen LogP contribution in [0.4, 0.5) is 19.0 Å². The summed E-state index contributed by atoms with van der Waals surface area (Å²) in [6.07, 6.45) is -2.66. The highest BCUT2D eigenvalue weighted by atomic mass is 19.4. The van der Waals surface area contributed by atoms with Gasteiger partial charge in [-0.1, -0.05) is 61.0 Å². The molecule has 0 radical (unpaired) electrons. The van der Waals surface area contributed by atoms with Crippen LogP contribution in [0.25, 0.3) is 10.9 Å². The van der Waals surface area contributed by atoms with Crippen molar-refractivity contribution in [2.24, 2.45) is 0 Å². The molecule has 6 nitrogen and oxygen atoms in total. The lowest BCUT2D eigenvalue weighted by molar-refractivity contribution is -0.141. The third-order valence-electron chi connectivity index (χ3n) is 8.31. The van der Waals surface area contributed by atoms with Crippen LogP contribution >= 0.6 is 0 Å². The van der Waals surface area contributed by atoms with Gasteiger partial charge in [0.05, 0.1) is 5.52 Å². The number of hydrogen-bond acceptors (Lipinski definition) is 5. The van der Waals surface area contributed by atoms with Crippen molar-refractivity contribution in [3.05, 3.63) is 96.1 Å². The van der Waals surface area contributed by atoms with Crippen molar-refractivity contribution >= 4 is 22.6 Å². The lowest BCUT2D eigenvalue weighted by Gasteiger charge is -2.39. The number of amides is 1. The number of rotatable bonds is 8. The molecule has 0 spiro atoms. The Morgan fingerprint density at radius 2 is 1.48 bits per heavy atom. The smallest absolute Gasteiger partial charge is 0.405 e. The molecule has 3 heterocycles. The summed E-state index contributed by atoms with van der Waals surface area (Å²) in [5.41, 5.74) is 0.901. The molecule has 9 heteroatoms. The Labute approximate surface area is 243 Å². The number of unbranched alkanes of at least 4 members (excludes halogenated alkanes) is 1. The highest BCUT2D eigenvalue weighted by Gasteiger charge is 2.48. The second-order valence-corrected chi connectivity index (χ2v) is 10.9. The first-order chi connectivity index (χ1) is 20.3. The average molecular weight is 575 g/mol. The van der Waals surface area contributed by atoms with Gasteiger partial charge in [0.2, 0.25) is 5.91 Å². The number of ether oxygens (including phenoxy) is 1. The minimum Gasteiger partial charge on any atom is -0.457 e. The monoisotopic (exact) mass is 574 g/mol. The lowest BCUT2D eigenvalue weighted by Crippen LogP contribution is -2.49. The molecule has 4 aromatic rings. The molecule has 0 aliphatic carbocycles. The second kappa shape index (κ2) is 11.6. The van der Waals surface area contributed by atoms with E-state index in [1.165, 1.54) is 0 Å². The van der Waals surface area contributed by atoms with E-state index in [1.54, 1.807) is 48.5 Å². The van der Waals surface area contributed by atoms with Crippen molar-refractivity contribution in [3.63, 3.8) is 0 Å². The molecule has 0 saturated carbocycles. The summed E-state index contributed by atoms with van der Waals surface area (Å²) >= 11 is 0. The predicted molar refractivity (Wildman–Crippen MR) is 157 cm³/mol. The topological polar surface area (TPSA) is 57.7 Å². The molecular formula is C33H33F3N4O2. The minimum atomic E-state index is -4.51. The standard InChI is InChI=1S/C33H33F3N4O2/c34-33(35,36)23-37-31(41)32(25-10-2-5-13-28(25)42-29-14-6-3-11-26(29)32)17-7-8-18-39-19-21-40(22-20-39)30-16-15-24-9-1-4-12-27(24)38-30/h1-6,9-16H,7-8,17-23H2,(H,37,41). The van der Waals surface area contributed by atoms with Crippen LogP contribution in [0.2, 0.25) is 0 Å². The fraction of sp³-hybridized carbons (Fsp3) is 0.333. The van der Waals surface area contributed by atoms with Gasteiger partial charge in [0.1, 0.15) is 29.3 Å². The molecule has 42 heavy (non-hydrogen) atoms. The second-order valence-electron chi connectivity index (χ2n) is 10.9. The number of fused-ring (bicyclic) bond motifs is 3. The summed E-state index contributed by atoms with van der Waals surface area (Å²) in [5.74, 6) is 1.32. The Bertz CT molecular complexity index is 1520. The molecule has 1 N–H and O–H groups in total. The van der Waals surface area contributed by atoms with Crippen LogP contribution in [0, 0.1) is 0 Å². The van der Waals surface area contributed by atoms with Gasteiger partial charge < -0.3 is 15.0 Å². The molecule has 218 valence electrons. The molecule has 0 atom stereocenters. The van der Waals surface area contributed by atoms with Gasteiger partial charge in [0.15, 0.2) is 0 Å². The Balaban J connectivity index is 1.13. The van der Waals surface area contributed by atoms with Gasteiger partial charge in [-0.25, -0.2) is 4.98 Å². The summed E-state index contributed by atoms with van der Waals surface area (Å²) in [4.78, 5) is 23.3. The van der Waals surface area contributed by atoms with Crippen LogP contribution in [0.1, 0.15) is 30.4 Å². The Kier molecular flexibility index (Phi) is 7.77. The first-order valence-electron chi connectivity index (χ1n) is 14.4. The summed E-state index contributed by atoms with van der Waals surface area (Å²) in [5, 5.41) is 3.32. The lowest BCUT2D eigenvalue weighted by atomic mass is 9.68. The number of carbonyl (C=O) groups excluding carboxylic acids is 1. The number of carbonyl (C=O) groups is 1. The molecule has 1 amide bonds. The highest BCUT2D eigenvalue weighted by Crippen LogP contribution is 2.50. The van der Waals surface area contributed by atoms with Crippen molar-refractivity contribution in [3.8, 4) is 11.5 Å². The number of nitrogens with one attached hydrogen (secondary N) is 1. The number of para-hydroxylation sites is 3. The maximum atomic E-state index is 13.8. The molecule has 1 saturated heterocycles. The molecule has 0 unspecified atom stereocenters.